The molecule has 3 fully saturated rings. The van der Waals surface area contributed by atoms with Crippen LogP contribution in [0.4, 0.5) is 13.2 Å². The molecular weight excluding hydrogens is 878 g/mol. The fourth-order valence-corrected chi connectivity index (χ4v) is 8.99. The highest BCUT2D eigenvalue weighted by molar-refractivity contribution is 7.98. The summed E-state index contributed by atoms with van der Waals surface area (Å²) in [6.07, 6.45) is 12.0. The average Bonchev–Trinajstić information content (AvgIpc) is 3.36. The largest absolute Gasteiger partial charge is 0.508 e. The molecule has 0 unspecified atom stereocenters. The number of nitrogens with zero attached hydrogens (tertiary/aromatic N) is 3. The SMILES string of the molecule is COc1cc(SC)ccc1C(=O)NCCCN1CCCCC1.O=C(NCCCN1CCCCC1)c1ccc2cc(O)ccc2c1.O=C(NCCCN1CCCCC1)c1cccc(C(F)(F)F)c1. The van der Waals surface area contributed by atoms with Crippen molar-refractivity contribution in [2.75, 3.05) is 91.9 Å². The lowest BCUT2D eigenvalue weighted by molar-refractivity contribution is -0.137. The number of methoxy groups -OCH3 is 1. The van der Waals surface area contributed by atoms with Crippen LogP contribution in [0.15, 0.2) is 83.8 Å². The van der Waals surface area contributed by atoms with E-state index in [9.17, 15) is 32.7 Å². The number of halogens is 3. The van der Waals surface area contributed by atoms with Crippen molar-refractivity contribution in [3.8, 4) is 11.5 Å². The number of nitrogens with one attached hydrogen (secondary N) is 3. The monoisotopic (exact) mass is 949 g/mol. The third-order valence-electron chi connectivity index (χ3n) is 12.3. The van der Waals surface area contributed by atoms with E-state index < -0.39 is 17.6 Å². The lowest BCUT2D eigenvalue weighted by Gasteiger charge is -2.26. The maximum Gasteiger partial charge on any atom is 0.416 e. The molecule has 0 aromatic heterocycles. The second kappa shape index (κ2) is 28.5. The number of ether oxygens (including phenoxy) is 1. The van der Waals surface area contributed by atoms with Crippen LogP contribution in [0, 0.1) is 0 Å². The first-order valence-corrected chi connectivity index (χ1v) is 25.3. The van der Waals surface area contributed by atoms with E-state index in [0.29, 0.717) is 36.5 Å². The Balaban J connectivity index is 0.000000188. The summed E-state index contributed by atoms with van der Waals surface area (Å²) in [6, 6.07) is 20.9. The van der Waals surface area contributed by atoms with E-state index in [4.69, 9.17) is 4.74 Å². The summed E-state index contributed by atoms with van der Waals surface area (Å²) in [5.41, 5.74) is 0.528. The van der Waals surface area contributed by atoms with Crippen LogP contribution < -0.4 is 20.7 Å². The Kier molecular flexibility index (Phi) is 22.6. The molecule has 0 saturated carbocycles. The number of hydrogen-bond acceptors (Lipinski definition) is 9. The number of carbonyl (C=O) groups is 3. The number of piperidine rings is 3. The van der Waals surface area contributed by atoms with Crippen LogP contribution in [0.2, 0.25) is 0 Å². The van der Waals surface area contributed by atoms with Crippen LogP contribution in [-0.4, -0.2) is 129 Å². The van der Waals surface area contributed by atoms with E-state index in [-0.39, 0.29) is 23.1 Å². The van der Waals surface area contributed by atoms with Gasteiger partial charge in [-0.25, -0.2) is 0 Å². The third kappa shape index (κ3) is 18.6. The molecule has 7 rings (SSSR count). The zero-order valence-corrected chi connectivity index (χ0v) is 40.3. The quantitative estimate of drug-likeness (QED) is 0.0605. The second-order valence-corrected chi connectivity index (χ2v) is 18.3. The molecule has 3 heterocycles. The van der Waals surface area contributed by atoms with Gasteiger partial charge in [0.25, 0.3) is 17.7 Å². The molecule has 0 radical (unpaired) electrons. The normalized spacial score (nSPS) is 15.9. The standard InChI is InChI=1S/C19H24N2O2.C17H26N2O2S.C16H21F3N2O/c22-18-8-7-15-13-17(6-5-16(15)14-18)19(23)20-9-4-12-21-10-2-1-3-11-21;1-21-16-13-14(22-2)7-8-15(16)17(20)18-9-6-12-19-10-4-3-5-11-19;17-16(18,19)14-7-4-6-13(12-14)15(22)20-8-5-11-21-9-2-1-3-10-21/h5-8,13-14,22H,1-4,9-12H2,(H,20,23);7-8,13H,3-6,9-12H2,1-2H3,(H,18,20);4,6-7,12H,1-3,5,8-11H2,(H,20,22). The van der Waals surface area contributed by atoms with Gasteiger partial charge >= 0.3 is 6.18 Å². The van der Waals surface area contributed by atoms with Gasteiger partial charge < -0.3 is 40.5 Å². The number of phenols is 1. The number of phenolic OH excluding ortho intramolecular Hbond substituents is 1. The molecule has 67 heavy (non-hydrogen) atoms. The highest BCUT2D eigenvalue weighted by Gasteiger charge is 2.31. The van der Waals surface area contributed by atoms with Gasteiger partial charge in [0.1, 0.15) is 11.5 Å². The van der Waals surface area contributed by atoms with E-state index in [1.807, 2.05) is 48.7 Å². The molecule has 4 aromatic carbocycles. The number of benzene rings is 4. The maximum absolute atomic E-state index is 12.6. The molecular formula is C52H71F3N6O5S. The van der Waals surface area contributed by atoms with E-state index in [2.05, 4.69) is 30.7 Å². The molecule has 0 spiro atoms. The molecule has 3 aliphatic rings. The lowest BCUT2D eigenvalue weighted by atomic mass is 10.1. The van der Waals surface area contributed by atoms with E-state index >= 15 is 0 Å². The lowest BCUT2D eigenvalue weighted by Crippen LogP contribution is -2.33. The molecule has 3 aliphatic heterocycles. The van der Waals surface area contributed by atoms with Crippen molar-refractivity contribution in [2.45, 2.75) is 88.1 Å². The summed E-state index contributed by atoms with van der Waals surface area (Å²) in [7, 11) is 1.60. The first-order chi connectivity index (χ1) is 32.4. The summed E-state index contributed by atoms with van der Waals surface area (Å²) in [5.74, 6) is 0.347. The Morgan fingerprint density at radius 1 is 0.597 bits per heavy atom. The molecule has 3 saturated heterocycles. The van der Waals surface area contributed by atoms with Crippen LogP contribution in [0.5, 0.6) is 11.5 Å². The Morgan fingerprint density at radius 2 is 1.07 bits per heavy atom. The first-order valence-electron chi connectivity index (χ1n) is 24.1. The van der Waals surface area contributed by atoms with Crippen LogP contribution in [0.25, 0.3) is 10.8 Å². The zero-order valence-electron chi connectivity index (χ0n) is 39.4. The summed E-state index contributed by atoms with van der Waals surface area (Å²) in [6.45, 7) is 12.0. The van der Waals surface area contributed by atoms with Gasteiger partial charge in [0.15, 0.2) is 0 Å². The van der Waals surface area contributed by atoms with E-state index in [1.165, 1.54) is 96.1 Å². The summed E-state index contributed by atoms with van der Waals surface area (Å²) >= 11 is 1.64. The zero-order chi connectivity index (χ0) is 47.9. The van der Waals surface area contributed by atoms with Gasteiger partial charge in [0.05, 0.1) is 18.2 Å². The predicted octanol–water partition coefficient (Wildman–Crippen LogP) is 9.49. The Labute approximate surface area is 399 Å². The van der Waals surface area contributed by atoms with Crippen molar-refractivity contribution in [1.29, 1.82) is 0 Å². The molecule has 11 nitrogen and oxygen atoms in total. The average molecular weight is 949 g/mol. The number of alkyl halides is 3. The van der Waals surface area contributed by atoms with E-state index in [0.717, 1.165) is 79.8 Å². The Bertz CT molecular complexity index is 2140. The maximum atomic E-state index is 12.6. The summed E-state index contributed by atoms with van der Waals surface area (Å²) in [4.78, 5) is 44.8. The third-order valence-corrected chi connectivity index (χ3v) is 13.1. The second-order valence-electron chi connectivity index (χ2n) is 17.4. The fourth-order valence-electron chi connectivity index (χ4n) is 8.56. The van der Waals surface area contributed by atoms with Gasteiger partial charge in [-0.15, -0.1) is 11.8 Å². The highest BCUT2D eigenvalue weighted by Crippen LogP contribution is 2.30. The number of carbonyl (C=O) groups excluding carboxylic acids is 3. The fraction of sp³-hybridized carbons (Fsp3) is 0.519. The van der Waals surface area contributed by atoms with E-state index in [1.54, 1.807) is 31.0 Å². The molecule has 0 atom stereocenters. The van der Waals surface area contributed by atoms with Crippen molar-refractivity contribution in [3.05, 3.63) is 101 Å². The predicted molar refractivity (Wildman–Crippen MR) is 264 cm³/mol. The smallest absolute Gasteiger partial charge is 0.416 e. The molecule has 15 heteroatoms. The van der Waals surface area contributed by atoms with Crippen molar-refractivity contribution in [2.24, 2.45) is 0 Å². The molecule has 4 aromatic rings. The minimum Gasteiger partial charge on any atom is -0.508 e. The first kappa shape index (κ1) is 53.1. The number of fused-ring (bicyclic) bond motifs is 1. The molecule has 3 amide bonds. The van der Waals surface area contributed by atoms with Crippen LogP contribution >= 0.6 is 11.8 Å². The Morgan fingerprint density at radius 3 is 1.57 bits per heavy atom. The van der Waals surface area contributed by atoms with Crippen LogP contribution in [0.3, 0.4) is 0 Å². The number of likely N-dealkylation sites (tertiary alicyclic amines) is 3. The number of aromatic hydroxyl groups is 1. The minimum atomic E-state index is -4.43. The van der Waals surface area contributed by atoms with Crippen LogP contribution in [-0.2, 0) is 6.18 Å². The van der Waals surface area contributed by atoms with Gasteiger partial charge in [0.2, 0.25) is 0 Å². The molecule has 4 N–H and O–H groups in total. The highest BCUT2D eigenvalue weighted by atomic mass is 32.2. The van der Waals surface area contributed by atoms with Gasteiger partial charge in [-0.05, 0) is 194 Å². The van der Waals surface area contributed by atoms with Gasteiger partial charge in [0, 0.05) is 35.7 Å². The van der Waals surface area contributed by atoms with Crippen molar-refractivity contribution < 1.29 is 37.4 Å². The van der Waals surface area contributed by atoms with Gasteiger partial charge in [-0.1, -0.05) is 37.5 Å². The van der Waals surface area contributed by atoms with Crippen molar-refractivity contribution >= 4 is 40.3 Å². The van der Waals surface area contributed by atoms with Crippen molar-refractivity contribution in [3.63, 3.8) is 0 Å². The molecule has 366 valence electrons. The number of rotatable bonds is 17. The van der Waals surface area contributed by atoms with Crippen molar-refractivity contribution in [1.82, 2.24) is 30.7 Å². The number of thioether (sulfide) groups is 1. The van der Waals surface area contributed by atoms with Gasteiger partial charge in [-0.3, -0.25) is 14.4 Å². The number of amides is 3. The molecule has 0 aliphatic carbocycles. The number of hydrogen-bond donors (Lipinski definition) is 4. The van der Waals surface area contributed by atoms with Crippen LogP contribution in [0.1, 0.15) is 114 Å². The van der Waals surface area contributed by atoms with Gasteiger partial charge in [-0.2, -0.15) is 13.2 Å². The molecule has 0 bridgehead atoms. The summed E-state index contributed by atoms with van der Waals surface area (Å²) < 4.78 is 43.1. The minimum absolute atomic E-state index is 0.0291. The summed E-state index contributed by atoms with van der Waals surface area (Å²) in [5, 5.41) is 20.1. The topological polar surface area (TPSA) is 126 Å². The Hall–Kier alpha value is -4.83.